The topological polar surface area (TPSA) is 55.8 Å². The van der Waals surface area contributed by atoms with Crippen molar-refractivity contribution in [3.63, 3.8) is 0 Å². The van der Waals surface area contributed by atoms with Crippen LogP contribution in [0.1, 0.15) is 67.7 Å². The summed E-state index contributed by atoms with van der Waals surface area (Å²) in [6.45, 7) is 17.7. The minimum Gasteiger partial charge on any atom is -0.478 e. The molecule has 0 aliphatic rings. The molecule has 0 aromatic carbocycles. The van der Waals surface area contributed by atoms with Gasteiger partial charge < -0.3 is 5.11 Å². The number of carboxylic acids is 1. The van der Waals surface area contributed by atoms with Gasteiger partial charge in [0.2, 0.25) is 0 Å². The minimum absolute atomic E-state index is 0.147. The second-order valence-corrected chi connectivity index (χ2v) is 7.83. The molecule has 20 heavy (non-hydrogen) atoms. The van der Waals surface area contributed by atoms with E-state index in [1.807, 2.05) is 27.7 Å². The third-order valence-electron chi connectivity index (χ3n) is 2.78. The molecular formula is C16H30O4. The Balaban J connectivity index is 4.34. The number of aliphatic carboxylic acids is 1. The van der Waals surface area contributed by atoms with Crippen molar-refractivity contribution < 1.29 is 19.7 Å². The largest absolute Gasteiger partial charge is 0.478 e. The van der Waals surface area contributed by atoms with Gasteiger partial charge in [0.05, 0.1) is 11.2 Å². The van der Waals surface area contributed by atoms with E-state index in [2.05, 4.69) is 27.4 Å². The molecule has 0 rings (SSSR count). The van der Waals surface area contributed by atoms with E-state index >= 15 is 0 Å². The van der Waals surface area contributed by atoms with Crippen molar-refractivity contribution in [3.8, 4) is 0 Å². The zero-order valence-corrected chi connectivity index (χ0v) is 14.0. The molecule has 0 aromatic heterocycles. The Bertz CT molecular complexity index is 348. The SMILES string of the molecule is C=C(CCC(C)(C)OOC(C)(C)CC(C)(C)C)C(=O)O. The van der Waals surface area contributed by atoms with E-state index in [0.717, 1.165) is 6.42 Å². The maximum atomic E-state index is 10.7. The van der Waals surface area contributed by atoms with Crippen LogP contribution in [0, 0.1) is 5.41 Å². The van der Waals surface area contributed by atoms with Crippen LogP contribution >= 0.6 is 0 Å². The third-order valence-corrected chi connectivity index (χ3v) is 2.78. The van der Waals surface area contributed by atoms with E-state index in [0.29, 0.717) is 12.8 Å². The predicted molar refractivity (Wildman–Crippen MR) is 80.4 cm³/mol. The fourth-order valence-electron chi connectivity index (χ4n) is 2.13. The van der Waals surface area contributed by atoms with Gasteiger partial charge in [-0.3, -0.25) is 0 Å². The van der Waals surface area contributed by atoms with Crippen LogP contribution in [-0.2, 0) is 14.6 Å². The van der Waals surface area contributed by atoms with Crippen molar-refractivity contribution in [1.82, 2.24) is 0 Å². The quantitative estimate of drug-likeness (QED) is 0.409. The molecule has 118 valence electrons. The Hall–Kier alpha value is -0.870. The third kappa shape index (κ3) is 9.10. The summed E-state index contributed by atoms with van der Waals surface area (Å²) < 4.78 is 0. The van der Waals surface area contributed by atoms with E-state index < -0.39 is 11.6 Å². The van der Waals surface area contributed by atoms with Crippen LogP contribution in [0.4, 0.5) is 0 Å². The monoisotopic (exact) mass is 286 g/mol. The summed E-state index contributed by atoms with van der Waals surface area (Å²) in [6, 6.07) is 0. The zero-order valence-electron chi connectivity index (χ0n) is 14.0. The Morgan fingerprint density at radius 3 is 1.85 bits per heavy atom. The average molecular weight is 286 g/mol. The first-order chi connectivity index (χ1) is 8.74. The molecule has 0 atom stereocenters. The molecule has 0 heterocycles. The van der Waals surface area contributed by atoms with Gasteiger partial charge >= 0.3 is 5.97 Å². The lowest BCUT2D eigenvalue weighted by Gasteiger charge is -2.34. The van der Waals surface area contributed by atoms with E-state index in [-0.39, 0.29) is 16.6 Å². The standard InChI is InChI=1S/C16H30O4/c1-12(13(17)18)9-10-15(5,6)19-20-16(7,8)11-14(2,3)4/h1,9-11H2,2-8H3,(H,17,18). The normalized spacial score (nSPS) is 13.3. The zero-order chi connectivity index (χ0) is 16.2. The van der Waals surface area contributed by atoms with Crippen molar-refractivity contribution in [3.05, 3.63) is 12.2 Å². The molecule has 4 nitrogen and oxygen atoms in total. The van der Waals surface area contributed by atoms with Crippen molar-refractivity contribution >= 4 is 5.97 Å². The second kappa shape index (κ2) is 6.72. The molecule has 0 bridgehead atoms. The fraction of sp³-hybridized carbons (Fsp3) is 0.812. The number of rotatable bonds is 8. The Labute approximate surface area is 123 Å². The second-order valence-electron chi connectivity index (χ2n) is 7.83. The van der Waals surface area contributed by atoms with Crippen LogP contribution in [0.2, 0.25) is 0 Å². The van der Waals surface area contributed by atoms with E-state index in [1.165, 1.54) is 0 Å². The first-order valence-corrected chi connectivity index (χ1v) is 7.02. The Morgan fingerprint density at radius 1 is 1.00 bits per heavy atom. The molecule has 0 saturated heterocycles. The smallest absolute Gasteiger partial charge is 0.330 e. The highest BCUT2D eigenvalue weighted by atomic mass is 17.2. The van der Waals surface area contributed by atoms with Crippen molar-refractivity contribution in [2.75, 3.05) is 0 Å². The molecule has 0 radical (unpaired) electrons. The van der Waals surface area contributed by atoms with Gasteiger partial charge in [-0.15, -0.1) is 0 Å². The van der Waals surface area contributed by atoms with E-state index in [9.17, 15) is 4.79 Å². The molecule has 0 aliphatic heterocycles. The number of carbonyl (C=O) groups is 1. The lowest BCUT2D eigenvalue weighted by atomic mass is 9.84. The predicted octanol–water partition coefficient (Wildman–Crippen LogP) is 4.35. The molecule has 0 fully saturated rings. The summed E-state index contributed by atoms with van der Waals surface area (Å²) in [4.78, 5) is 21.8. The van der Waals surface area contributed by atoms with Gasteiger partial charge in [0.25, 0.3) is 0 Å². The highest BCUT2D eigenvalue weighted by Crippen LogP contribution is 2.31. The van der Waals surface area contributed by atoms with Crippen LogP contribution in [0.15, 0.2) is 12.2 Å². The van der Waals surface area contributed by atoms with Gasteiger partial charge in [-0.25, -0.2) is 14.6 Å². The lowest BCUT2D eigenvalue weighted by Crippen LogP contribution is -2.35. The number of carboxylic acid groups (broad SMARTS) is 1. The van der Waals surface area contributed by atoms with Gasteiger partial charge in [0, 0.05) is 5.57 Å². The average Bonchev–Trinajstić information content (AvgIpc) is 2.20. The summed E-state index contributed by atoms with van der Waals surface area (Å²) in [7, 11) is 0. The van der Waals surface area contributed by atoms with Gasteiger partial charge in [-0.05, 0) is 52.4 Å². The van der Waals surface area contributed by atoms with Crippen molar-refractivity contribution in [1.29, 1.82) is 0 Å². The van der Waals surface area contributed by atoms with Crippen molar-refractivity contribution in [2.45, 2.75) is 78.9 Å². The summed E-state index contributed by atoms with van der Waals surface area (Å²) in [5, 5.41) is 8.79. The highest BCUT2D eigenvalue weighted by Gasteiger charge is 2.30. The summed E-state index contributed by atoms with van der Waals surface area (Å²) in [5.74, 6) is -0.963. The maximum absolute atomic E-state index is 10.7. The Kier molecular flexibility index (Phi) is 6.43. The molecule has 4 heteroatoms. The first-order valence-electron chi connectivity index (χ1n) is 7.02. The molecule has 0 aromatic rings. The summed E-state index contributed by atoms with van der Waals surface area (Å²) in [5.41, 5.74) is -0.600. The van der Waals surface area contributed by atoms with Gasteiger partial charge in [0.15, 0.2) is 0 Å². The number of hydrogen-bond donors (Lipinski definition) is 1. The van der Waals surface area contributed by atoms with Crippen LogP contribution in [0.5, 0.6) is 0 Å². The minimum atomic E-state index is -0.963. The lowest BCUT2D eigenvalue weighted by molar-refractivity contribution is -0.405. The van der Waals surface area contributed by atoms with E-state index in [4.69, 9.17) is 14.9 Å². The van der Waals surface area contributed by atoms with Gasteiger partial charge in [0.1, 0.15) is 0 Å². The molecule has 0 amide bonds. The van der Waals surface area contributed by atoms with Crippen LogP contribution in [-0.4, -0.2) is 22.3 Å². The molecule has 0 unspecified atom stereocenters. The molecule has 0 spiro atoms. The molecular weight excluding hydrogens is 256 g/mol. The maximum Gasteiger partial charge on any atom is 0.330 e. The fourth-order valence-corrected chi connectivity index (χ4v) is 2.13. The van der Waals surface area contributed by atoms with Crippen molar-refractivity contribution in [2.24, 2.45) is 5.41 Å². The Morgan fingerprint density at radius 2 is 1.45 bits per heavy atom. The summed E-state index contributed by atoms with van der Waals surface area (Å²) in [6.07, 6.45) is 1.78. The van der Waals surface area contributed by atoms with Crippen LogP contribution < -0.4 is 0 Å². The summed E-state index contributed by atoms with van der Waals surface area (Å²) >= 11 is 0. The molecule has 0 aliphatic carbocycles. The first kappa shape index (κ1) is 19.1. The number of hydrogen-bond acceptors (Lipinski definition) is 3. The van der Waals surface area contributed by atoms with Crippen LogP contribution in [0.25, 0.3) is 0 Å². The van der Waals surface area contributed by atoms with E-state index in [1.54, 1.807) is 0 Å². The van der Waals surface area contributed by atoms with Gasteiger partial charge in [-0.2, -0.15) is 0 Å². The van der Waals surface area contributed by atoms with Crippen LogP contribution in [0.3, 0.4) is 0 Å². The van der Waals surface area contributed by atoms with Gasteiger partial charge in [-0.1, -0.05) is 27.4 Å². The molecule has 0 saturated carbocycles. The molecule has 1 N–H and O–H groups in total. The highest BCUT2D eigenvalue weighted by molar-refractivity contribution is 5.85.